The lowest BCUT2D eigenvalue weighted by molar-refractivity contribution is -0.253. The Morgan fingerprint density at radius 2 is 1.93 bits per heavy atom. The zero-order valence-corrected chi connectivity index (χ0v) is 8.20. The lowest BCUT2D eigenvalue weighted by Crippen LogP contribution is -2.63. The maximum Gasteiger partial charge on any atom is 0.217 e. The van der Waals surface area contributed by atoms with Crippen molar-refractivity contribution in [3.8, 4) is 0 Å². The molecule has 88 valence electrons. The molecule has 1 amide bonds. The Hall–Kier alpha value is -0.730. The van der Waals surface area contributed by atoms with E-state index in [0.717, 1.165) is 0 Å². The number of amides is 1. The van der Waals surface area contributed by atoms with Crippen LogP contribution in [0.3, 0.4) is 0 Å². The van der Waals surface area contributed by atoms with E-state index in [0.29, 0.717) is 0 Å². The summed E-state index contributed by atoms with van der Waals surface area (Å²) in [6.45, 7) is 0.687. The summed E-state index contributed by atoms with van der Waals surface area (Å²) in [5.74, 6) is -0.462. The maximum absolute atomic E-state index is 10.7. The molecule has 0 spiro atoms. The molecule has 1 rings (SSSR count). The smallest absolute Gasteiger partial charge is 0.217 e. The van der Waals surface area contributed by atoms with Gasteiger partial charge in [0.2, 0.25) is 5.91 Å². The Morgan fingerprint density at radius 1 is 1.33 bits per heavy atom. The second-order valence-electron chi connectivity index (χ2n) is 3.46. The average molecular weight is 221 g/mol. The number of aliphatic hydroxyl groups is 4. The number of carbonyl (C=O) groups is 1. The zero-order valence-electron chi connectivity index (χ0n) is 8.20. The van der Waals surface area contributed by atoms with Crippen LogP contribution in [0.5, 0.6) is 0 Å². The number of hydrogen-bond donors (Lipinski definition) is 5. The highest BCUT2D eigenvalue weighted by Crippen LogP contribution is 2.19. The van der Waals surface area contributed by atoms with Gasteiger partial charge in [-0.2, -0.15) is 0 Å². The van der Waals surface area contributed by atoms with Crippen LogP contribution in [0.2, 0.25) is 0 Å². The SMILES string of the molecule is CC(=O)N[C@@H]1[C@@H](O)[C@H](O)[C@H](CO)O[C@H]1O. The van der Waals surface area contributed by atoms with Gasteiger partial charge in [-0.1, -0.05) is 0 Å². The summed E-state index contributed by atoms with van der Waals surface area (Å²) in [5, 5.41) is 39.4. The highest BCUT2D eigenvalue weighted by atomic mass is 16.6. The quantitative estimate of drug-likeness (QED) is 0.337. The van der Waals surface area contributed by atoms with E-state index in [1.165, 1.54) is 6.92 Å². The van der Waals surface area contributed by atoms with Gasteiger partial charge in [0.25, 0.3) is 0 Å². The molecule has 0 aliphatic carbocycles. The number of carbonyl (C=O) groups excluding carboxylic acids is 1. The van der Waals surface area contributed by atoms with Crippen molar-refractivity contribution in [2.45, 2.75) is 37.6 Å². The van der Waals surface area contributed by atoms with Crippen LogP contribution in [0.4, 0.5) is 0 Å². The molecule has 0 radical (unpaired) electrons. The Kier molecular flexibility index (Phi) is 4.00. The van der Waals surface area contributed by atoms with Crippen molar-refractivity contribution in [1.29, 1.82) is 0 Å². The summed E-state index contributed by atoms with van der Waals surface area (Å²) in [6.07, 6.45) is -5.24. The molecule has 1 aliphatic rings. The minimum absolute atomic E-state index is 0.462. The van der Waals surface area contributed by atoms with E-state index in [1.54, 1.807) is 0 Å². The van der Waals surface area contributed by atoms with E-state index in [4.69, 9.17) is 9.84 Å². The molecule has 1 fully saturated rings. The van der Waals surface area contributed by atoms with Gasteiger partial charge in [-0.3, -0.25) is 4.79 Å². The van der Waals surface area contributed by atoms with Crippen LogP contribution in [0, 0.1) is 0 Å². The molecule has 15 heavy (non-hydrogen) atoms. The standard InChI is InChI=1S/C8H15NO6/c1-3(11)9-5-7(13)6(12)4(2-10)15-8(5)14/h4-8,10,12-14H,2H2,1H3,(H,9,11)/t4-,5+,6+,7+,8+/m0/s1. The molecule has 0 bridgehead atoms. The first-order valence-electron chi connectivity index (χ1n) is 4.55. The van der Waals surface area contributed by atoms with Crippen molar-refractivity contribution in [2.75, 3.05) is 6.61 Å². The normalized spacial score (nSPS) is 41.3. The van der Waals surface area contributed by atoms with Gasteiger partial charge in [-0.25, -0.2) is 0 Å². The maximum atomic E-state index is 10.7. The molecule has 1 aliphatic heterocycles. The van der Waals surface area contributed by atoms with Gasteiger partial charge in [-0.15, -0.1) is 0 Å². The molecule has 0 saturated carbocycles. The third-order valence-electron chi connectivity index (χ3n) is 2.27. The van der Waals surface area contributed by atoms with Crippen molar-refractivity contribution in [1.82, 2.24) is 5.32 Å². The van der Waals surface area contributed by atoms with E-state index >= 15 is 0 Å². The minimum Gasteiger partial charge on any atom is -0.394 e. The monoisotopic (exact) mass is 221 g/mol. The molecule has 0 unspecified atom stereocenters. The molecule has 1 heterocycles. The van der Waals surface area contributed by atoms with Gasteiger partial charge in [0.1, 0.15) is 24.4 Å². The minimum atomic E-state index is -1.45. The van der Waals surface area contributed by atoms with Crippen LogP contribution >= 0.6 is 0 Å². The van der Waals surface area contributed by atoms with Gasteiger partial charge in [-0.05, 0) is 0 Å². The molecule has 7 heteroatoms. The van der Waals surface area contributed by atoms with Gasteiger partial charge >= 0.3 is 0 Å². The predicted molar refractivity (Wildman–Crippen MR) is 47.6 cm³/mol. The van der Waals surface area contributed by atoms with Crippen LogP contribution in [-0.4, -0.2) is 63.6 Å². The van der Waals surface area contributed by atoms with Crippen molar-refractivity contribution >= 4 is 5.91 Å². The number of rotatable bonds is 2. The molecular formula is C8H15NO6. The van der Waals surface area contributed by atoms with Crippen molar-refractivity contribution < 1.29 is 30.0 Å². The summed E-state index contributed by atoms with van der Waals surface area (Å²) in [7, 11) is 0. The molecule has 5 atom stereocenters. The largest absolute Gasteiger partial charge is 0.394 e. The van der Waals surface area contributed by atoms with Gasteiger partial charge in [0.15, 0.2) is 6.29 Å². The molecular weight excluding hydrogens is 206 g/mol. The van der Waals surface area contributed by atoms with E-state index in [2.05, 4.69) is 5.32 Å². The summed E-state index contributed by atoms with van der Waals surface area (Å²) < 4.78 is 4.81. The van der Waals surface area contributed by atoms with Crippen molar-refractivity contribution in [2.24, 2.45) is 0 Å². The van der Waals surface area contributed by atoms with E-state index in [-0.39, 0.29) is 0 Å². The number of hydrogen-bond acceptors (Lipinski definition) is 6. The van der Waals surface area contributed by atoms with Crippen LogP contribution in [0.25, 0.3) is 0 Å². The van der Waals surface area contributed by atoms with E-state index in [1.807, 2.05) is 0 Å². The Labute approximate surface area is 86.3 Å². The first kappa shape index (κ1) is 12.3. The predicted octanol–water partition coefficient (Wildman–Crippen LogP) is -3.08. The Bertz CT molecular complexity index is 235. The fourth-order valence-corrected chi connectivity index (χ4v) is 1.49. The topological polar surface area (TPSA) is 119 Å². The summed E-state index contributed by atoms with van der Waals surface area (Å²) in [5.41, 5.74) is 0. The van der Waals surface area contributed by atoms with Gasteiger partial charge in [0.05, 0.1) is 6.61 Å². The van der Waals surface area contributed by atoms with E-state index in [9.17, 15) is 20.1 Å². The Morgan fingerprint density at radius 3 is 2.40 bits per heavy atom. The number of nitrogens with one attached hydrogen (secondary N) is 1. The van der Waals surface area contributed by atoms with Crippen LogP contribution in [0.15, 0.2) is 0 Å². The fourth-order valence-electron chi connectivity index (χ4n) is 1.49. The molecule has 0 aromatic rings. The highest BCUT2D eigenvalue weighted by molar-refractivity contribution is 5.73. The van der Waals surface area contributed by atoms with Gasteiger partial charge in [0, 0.05) is 6.92 Å². The Balaban J connectivity index is 2.70. The van der Waals surface area contributed by atoms with Crippen molar-refractivity contribution in [3.63, 3.8) is 0 Å². The molecule has 7 nitrogen and oxygen atoms in total. The summed E-state index contributed by atoms with van der Waals surface area (Å²) in [6, 6.07) is -1.10. The van der Waals surface area contributed by atoms with Crippen LogP contribution < -0.4 is 5.32 Å². The van der Waals surface area contributed by atoms with Crippen LogP contribution in [-0.2, 0) is 9.53 Å². The van der Waals surface area contributed by atoms with Crippen molar-refractivity contribution in [3.05, 3.63) is 0 Å². The third kappa shape index (κ3) is 2.64. The molecule has 5 N–H and O–H groups in total. The first-order valence-corrected chi connectivity index (χ1v) is 4.55. The second kappa shape index (κ2) is 4.86. The number of aliphatic hydroxyl groups excluding tert-OH is 4. The lowest BCUT2D eigenvalue weighted by atomic mass is 9.97. The first-order chi connectivity index (χ1) is 6.97. The zero-order chi connectivity index (χ0) is 11.6. The number of ether oxygens (including phenoxy) is 1. The third-order valence-corrected chi connectivity index (χ3v) is 2.27. The van der Waals surface area contributed by atoms with Gasteiger partial charge < -0.3 is 30.5 Å². The van der Waals surface area contributed by atoms with Crippen LogP contribution in [0.1, 0.15) is 6.92 Å². The van der Waals surface area contributed by atoms with E-state index < -0.39 is 43.2 Å². The fraction of sp³-hybridized carbons (Fsp3) is 0.875. The molecule has 0 aromatic heterocycles. The molecule has 0 aromatic carbocycles. The lowest BCUT2D eigenvalue weighted by Gasteiger charge is -2.40. The average Bonchev–Trinajstić information content (AvgIpc) is 2.18. The summed E-state index contributed by atoms with van der Waals surface area (Å²) in [4.78, 5) is 10.7. The highest BCUT2D eigenvalue weighted by Gasteiger charge is 2.43. The summed E-state index contributed by atoms with van der Waals surface area (Å²) >= 11 is 0. The molecule has 1 saturated heterocycles. The second-order valence-corrected chi connectivity index (χ2v) is 3.46.